The standard InChI is InChI=1S/C13H24N2O3/c1-9(10-6-7-10)14(5)12(18)15(8-11(16)17)13(2,3)4/h9-10H,6-8H2,1-5H3,(H,16,17). The molecule has 5 nitrogen and oxygen atoms in total. The summed E-state index contributed by atoms with van der Waals surface area (Å²) in [5.74, 6) is -0.406. The highest BCUT2D eigenvalue weighted by Gasteiger charge is 2.37. The van der Waals surface area contributed by atoms with Crippen molar-refractivity contribution in [2.45, 2.75) is 52.1 Å². The van der Waals surface area contributed by atoms with Gasteiger partial charge >= 0.3 is 12.0 Å². The molecule has 0 bridgehead atoms. The van der Waals surface area contributed by atoms with Gasteiger partial charge in [0.15, 0.2) is 0 Å². The van der Waals surface area contributed by atoms with Crippen LogP contribution in [0.25, 0.3) is 0 Å². The van der Waals surface area contributed by atoms with Gasteiger partial charge in [-0.15, -0.1) is 0 Å². The zero-order valence-corrected chi connectivity index (χ0v) is 11.9. The Bertz CT molecular complexity index is 332. The maximum atomic E-state index is 12.4. The van der Waals surface area contributed by atoms with Crippen LogP contribution >= 0.6 is 0 Å². The smallest absolute Gasteiger partial charge is 0.323 e. The molecule has 1 N–H and O–H groups in total. The lowest BCUT2D eigenvalue weighted by molar-refractivity contribution is -0.138. The maximum Gasteiger partial charge on any atom is 0.323 e. The number of hydrogen-bond acceptors (Lipinski definition) is 2. The molecule has 0 spiro atoms. The molecule has 1 saturated carbocycles. The van der Waals surface area contributed by atoms with Gasteiger partial charge in [-0.2, -0.15) is 0 Å². The largest absolute Gasteiger partial charge is 0.480 e. The number of amides is 2. The second-order valence-electron chi connectivity index (χ2n) is 6.12. The molecule has 0 aromatic rings. The summed E-state index contributed by atoms with van der Waals surface area (Å²) in [6.45, 7) is 7.32. The van der Waals surface area contributed by atoms with Crippen LogP contribution in [0.3, 0.4) is 0 Å². The monoisotopic (exact) mass is 256 g/mol. The van der Waals surface area contributed by atoms with Gasteiger partial charge in [0.2, 0.25) is 0 Å². The lowest BCUT2D eigenvalue weighted by Gasteiger charge is -2.39. The SMILES string of the molecule is CC(C1CC1)N(C)C(=O)N(CC(=O)O)C(C)(C)C. The van der Waals surface area contributed by atoms with Gasteiger partial charge in [-0.25, -0.2) is 4.79 Å². The van der Waals surface area contributed by atoms with Crippen molar-refractivity contribution in [3.05, 3.63) is 0 Å². The zero-order chi connectivity index (χ0) is 14.1. The summed E-state index contributed by atoms with van der Waals surface area (Å²) in [7, 11) is 1.76. The molecule has 0 aliphatic heterocycles. The van der Waals surface area contributed by atoms with Gasteiger partial charge in [0.1, 0.15) is 6.54 Å². The fourth-order valence-corrected chi connectivity index (χ4v) is 1.99. The maximum absolute atomic E-state index is 12.4. The molecule has 1 atom stereocenters. The molecule has 0 heterocycles. The summed E-state index contributed by atoms with van der Waals surface area (Å²) in [4.78, 5) is 26.4. The third-order valence-electron chi connectivity index (χ3n) is 3.55. The van der Waals surface area contributed by atoms with E-state index in [1.165, 1.54) is 4.90 Å². The minimum atomic E-state index is -0.981. The summed E-state index contributed by atoms with van der Waals surface area (Å²) in [5, 5.41) is 8.93. The number of carboxylic acid groups (broad SMARTS) is 1. The number of rotatable bonds is 4. The van der Waals surface area contributed by atoms with E-state index in [4.69, 9.17) is 5.11 Å². The van der Waals surface area contributed by atoms with Gasteiger partial charge in [-0.05, 0) is 46.5 Å². The van der Waals surface area contributed by atoms with Crippen LogP contribution in [0.1, 0.15) is 40.5 Å². The number of nitrogens with zero attached hydrogens (tertiary/aromatic N) is 2. The van der Waals surface area contributed by atoms with E-state index >= 15 is 0 Å². The van der Waals surface area contributed by atoms with Crippen LogP contribution < -0.4 is 0 Å². The Morgan fingerprint density at radius 2 is 1.83 bits per heavy atom. The summed E-state index contributed by atoms with van der Waals surface area (Å²) in [6, 6.07) is -0.0274. The number of urea groups is 1. The van der Waals surface area contributed by atoms with E-state index in [-0.39, 0.29) is 18.6 Å². The Labute approximate surface area is 109 Å². The molecule has 0 aromatic carbocycles. The Morgan fingerprint density at radius 3 is 2.17 bits per heavy atom. The predicted octanol–water partition coefficient (Wildman–Crippen LogP) is 2.02. The highest BCUT2D eigenvalue weighted by molar-refractivity contribution is 5.81. The molecular weight excluding hydrogens is 232 g/mol. The number of aliphatic carboxylic acids is 1. The number of carboxylic acids is 1. The van der Waals surface area contributed by atoms with Crippen LogP contribution in [0.2, 0.25) is 0 Å². The second-order valence-corrected chi connectivity index (χ2v) is 6.12. The fourth-order valence-electron chi connectivity index (χ4n) is 1.99. The first-order chi connectivity index (χ1) is 8.14. The molecule has 104 valence electrons. The van der Waals surface area contributed by atoms with Gasteiger partial charge in [0.25, 0.3) is 0 Å². The van der Waals surface area contributed by atoms with Crippen molar-refractivity contribution in [3.63, 3.8) is 0 Å². The molecule has 0 saturated heterocycles. The van der Waals surface area contributed by atoms with E-state index in [0.29, 0.717) is 5.92 Å². The normalized spacial score (nSPS) is 17.2. The lowest BCUT2D eigenvalue weighted by Crippen LogP contribution is -2.54. The zero-order valence-electron chi connectivity index (χ0n) is 11.9. The third kappa shape index (κ3) is 3.62. The summed E-state index contributed by atoms with van der Waals surface area (Å²) in [6.07, 6.45) is 2.32. The van der Waals surface area contributed by atoms with Crippen molar-refractivity contribution >= 4 is 12.0 Å². The van der Waals surface area contributed by atoms with E-state index in [9.17, 15) is 9.59 Å². The van der Waals surface area contributed by atoms with Gasteiger partial charge in [0, 0.05) is 18.6 Å². The van der Waals surface area contributed by atoms with Gasteiger partial charge < -0.3 is 14.9 Å². The minimum Gasteiger partial charge on any atom is -0.480 e. The van der Waals surface area contributed by atoms with Gasteiger partial charge in [-0.1, -0.05) is 0 Å². The van der Waals surface area contributed by atoms with E-state index in [0.717, 1.165) is 12.8 Å². The summed E-state index contributed by atoms with van der Waals surface area (Å²) in [5.41, 5.74) is -0.493. The molecule has 0 aromatic heterocycles. The van der Waals surface area contributed by atoms with E-state index in [1.54, 1.807) is 11.9 Å². The van der Waals surface area contributed by atoms with Crippen LogP contribution in [0.4, 0.5) is 4.79 Å². The molecule has 0 radical (unpaired) electrons. The molecule has 1 fully saturated rings. The van der Waals surface area contributed by atoms with Gasteiger partial charge in [0.05, 0.1) is 0 Å². The number of hydrogen-bond donors (Lipinski definition) is 1. The van der Waals surface area contributed by atoms with Crippen LogP contribution in [0.15, 0.2) is 0 Å². The first kappa shape index (κ1) is 14.8. The Kier molecular flexibility index (Phi) is 4.24. The van der Waals surface area contributed by atoms with Crippen molar-refractivity contribution in [2.24, 2.45) is 5.92 Å². The second kappa shape index (κ2) is 5.16. The molecule has 1 unspecified atom stereocenters. The first-order valence-corrected chi connectivity index (χ1v) is 6.41. The average Bonchev–Trinajstić information content (AvgIpc) is 3.04. The Morgan fingerprint density at radius 1 is 1.33 bits per heavy atom. The highest BCUT2D eigenvalue weighted by atomic mass is 16.4. The van der Waals surface area contributed by atoms with E-state index in [2.05, 4.69) is 0 Å². The molecule has 2 amide bonds. The predicted molar refractivity (Wildman–Crippen MR) is 69.4 cm³/mol. The molecule has 1 aliphatic carbocycles. The fraction of sp³-hybridized carbons (Fsp3) is 0.846. The molecular formula is C13H24N2O3. The topological polar surface area (TPSA) is 60.9 Å². The third-order valence-corrected chi connectivity index (χ3v) is 3.55. The highest BCUT2D eigenvalue weighted by Crippen LogP contribution is 2.35. The molecule has 18 heavy (non-hydrogen) atoms. The molecule has 1 rings (SSSR count). The van der Waals surface area contributed by atoms with Crippen LogP contribution in [-0.2, 0) is 4.79 Å². The summed E-state index contributed by atoms with van der Waals surface area (Å²) >= 11 is 0. The quantitative estimate of drug-likeness (QED) is 0.837. The van der Waals surface area contributed by atoms with Crippen LogP contribution in [-0.4, -0.2) is 52.1 Å². The van der Waals surface area contributed by atoms with Crippen LogP contribution in [0, 0.1) is 5.92 Å². The van der Waals surface area contributed by atoms with Crippen molar-refractivity contribution < 1.29 is 14.7 Å². The van der Waals surface area contributed by atoms with E-state index in [1.807, 2.05) is 27.7 Å². The lowest BCUT2D eigenvalue weighted by atomic mass is 10.1. The van der Waals surface area contributed by atoms with Crippen molar-refractivity contribution in [1.29, 1.82) is 0 Å². The first-order valence-electron chi connectivity index (χ1n) is 6.41. The van der Waals surface area contributed by atoms with Crippen LogP contribution in [0.5, 0.6) is 0 Å². The summed E-state index contributed by atoms with van der Waals surface area (Å²) < 4.78 is 0. The van der Waals surface area contributed by atoms with Crippen molar-refractivity contribution in [2.75, 3.05) is 13.6 Å². The van der Waals surface area contributed by atoms with Gasteiger partial charge in [-0.3, -0.25) is 4.79 Å². The average molecular weight is 256 g/mol. The number of carbonyl (C=O) groups is 2. The Balaban J connectivity index is 2.77. The van der Waals surface area contributed by atoms with E-state index < -0.39 is 11.5 Å². The van der Waals surface area contributed by atoms with Crippen molar-refractivity contribution in [1.82, 2.24) is 9.80 Å². The van der Waals surface area contributed by atoms with Crippen molar-refractivity contribution in [3.8, 4) is 0 Å². The number of carbonyl (C=O) groups excluding carboxylic acids is 1. The molecule has 5 heteroatoms. The Hall–Kier alpha value is -1.26. The minimum absolute atomic E-state index is 0.177. The molecule has 1 aliphatic rings.